The van der Waals surface area contributed by atoms with E-state index in [-0.39, 0.29) is 16.8 Å². The van der Waals surface area contributed by atoms with Crippen LogP contribution in [0.25, 0.3) is 0 Å². The number of nitrogens with zero attached hydrogens (tertiary/aromatic N) is 3. The highest BCUT2D eigenvalue weighted by atomic mass is 35.5. The van der Waals surface area contributed by atoms with Crippen LogP contribution in [0.3, 0.4) is 0 Å². The van der Waals surface area contributed by atoms with E-state index in [1.54, 1.807) is 24.3 Å². The van der Waals surface area contributed by atoms with Gasteiger partial charge in [0, 0.05) is 42.6 Å². The zero-order valence-electron chi connectivity index (χ0n) is 15.7. The molecule has 3 rings (SSSR count). The van der Waals surface area contributed by atoms with Crippen LogP contribution in [0.2, 0.25) is 5.02 Å². The largest absolute Gasteiger partial charge is 0.379 e. The van der Waals surface area contributed by atoms with Gasteiger partial charge in [0.1, 0.15) is 5.01 Å². The molecule has 1 aromatic carbocycles. The van der Waals surface area contributed by atoms with Crippen LogP contribution >= 0.6 is 34.7 Å². The molecule has 0 bridgehead atoms. The van der Waals surface area contributed by atoms with Gasteiger partial charge in [0.25, 0.3) is 5.91 Å². The third kappa shape index (κ3) is 7.56. The maximum Gasteiger partial charge on any atom is 0.286 e. The van der Waals surface area contributed by atoms with Gasteiger partial charge in [-0.2, -0.15) is 0 Å². The number of rotatable bonds is 9. The van der Waals surface area contributed by atoms with E-state index in [1.165, 1.54) is 23.1 Å². The third-order valence-electron chi connectivity index (χ3n) is 4.06. The molecule has 0 aliphatic carbocycles. The van der Waals surface area contributed by atoms with E-state index in [2.05, 4.69) is 25.7 Å². The lowest BCUT2D eigenvalue weighted by Crippen LogP contribution is -2.41. The fraction of sp³-hybridized carbons (Fsp3) is 0.444. The van der Waals surface area contributed by atoms with Crippen LogP contribution in [0.15, 0.2) is 24.3 Å². The van der Waals surface area contributed by atoms with Crippen molar-refractivity contribution in [3.8, 4) is 0 Å². The van der Waals surface area contributed by atoms with Crippen LogP contribution in [-0.2, 0) is 15.3 Å². The first kappa shape index (κ1) is 22.0. The summed E-state index contributed by atoms with van der Waals surface area (Å²) in [6.45, 7) is 4.80. The Labute approximate surface area is 182 Å². The van der Waals surface area contributed by atoms with Gasteiger partial charge in [0.05, 0.1) is 19.0 Å². The molecule has 11 heteroatoms. The van der Waals surface area contributed by atoms with E-state index >= 15 is 0 Å². The number of aromatic nitrogens is 2. The van der Waals surface area contributed by atoms with Gasteiger partial charge in [-0.15, -0.1) is 22.0 Å². The second-order valence-corrected chi connectivity index (χ2v) is 8.75. The number of morpholine rings is 1. The van der Waals surface area contributed by atoms with Crippen LogP contribution in [0.4, 0.5) is 5.69 Å². The van der Waals surface area contributed by atoms with Gasteiger partial charge in [-0.3, -0.25) is 14.5 Å². The van der Waals surface area contributed by atoms with E-state index in [0.29, 0.717) is 33.8 Å². The highest BCUT2D eigenvalue weighted by Gasteiger charge is 2.14. The Balaban J connectivity index is 1.34. The van der Waals surface area contributed by atoms with Crippen molar-refractivity contribution in [1.82, 2.24) is 20.4 Å². The first-order chi connectivity index (χ1) is 14.1. The zero-order chi connectivity index (χ0) is 20.5. The van der Waals surface area contributed by atoms with Crippen LogP contribution < -0.4 is 10.6 Å². The lowest BCUT2D eigenvalue weighted by Gasteiger charge is -2.26. The fourth-order valence-corrected chi connectivity index (χ4v) is 4.44. The number of benzene rings is 1. The molecule has 2 heterocycles. The van der Waals surface area contributed by atoms with Crippen molar-refractivity contribution in [3.63, 3.8) is 0 Å². The third-order valence-corrected chi connectivity index (χ3v) is 6.34. The normalized spacial score (nSPS) is 14.5. The molecule has 1 aliphatic rings. The number of hydrogen-bond acceptors (Lipinski definition) is 8. The second-order valence-electron chi connectivity index (χ2n) is 6.26. The quantitative estimate of drug-likeness (QED) is 0.597. The van der Waals surface area contributed by atoms with Crippen molar-refractivity contribution >= 4 is 52.2 Å². The Morgan fingerprint density at radius 2 is 2.10 bits per heavy atom. The van der Waals surface area contributed by atoms with Crippen LogP contribution in [0, 0.1) is 0 Å². The maximum absolute atomic E-state index is 12.2. The summed E-state index contributed by atoms with van der Waals surface area (Å²) in [5.74, 6) is 0.528. The number of hydrogen-bond donors (Lipinski definition) is 2. The van der Waals surface area contributed by atoms with Gasteiger partial charge in [0.15, 0.2) is 0 Å². The van der Waals surface area contributed by atoms with Gasteiger partial charge < -0.3 is 15.4 Å². The number of nitrogens with one attached hydrogen (secondary N) is 2. The summed E-state index contributed by atoms with van der Waals surface area (Å²) in [4.78, 5) is 26.4. The first-order valence-electron chi connectivity index (χ1n) is 9.14. The highest BCUT2D eigenvalue weighted by Crippen LogP contribution is 2.19. The van der Waals surface area contributed by atoms with Gasteiger partial charge in [-0.25, -0.2) is 0 Å². The molecule has 2 N–H and O–H groups in total. The van der Waals surface area contributed by atoms with Gasteiger partial charge in [0.2, 0.25) is 10.9 Å². The molecule has 8 nitrogen and oxygen atoms in total. The maximum atomic E-state index is 12.2. The summed E-state index contributed by atoms with van der Waals surface area (Å²) >= 11 is 8.57. The monoisotopic (exact) mass is 455 g/mol. The zero-order valence-corrected chi connectivity index (χ0v) is 18.1. The molecule has 1 aromatic heterocycles. The lowest BCUT2D eigenvalue weighted by molar-refractivity contribution is -0.118. The Hall–Kier alpha value is -1.72. The molecule has 1 fully saturated rings. The summed E-state index contributed by atoms with van der Waals surface area (Å²) < 4.78 is 5.30. The van der Waals surface area contributed by atoms with Crippen LogP contribution in [0.5, 0.6) is 0 Å². The predicted molar refractivity (Wildman–Crippen MR) is 116 cm³/mol. The average molecular weight is 456 g/mol. The van der Waals surface area contributed by atoms with Crippen molar-refractivity contribution in [3.05, 3.63) is 39.3 Å². The number of anilines is 1. The molecule has 0 radical (unpaired) electrons. The molecule has 1 aliphatic heterocycles. The van der Waals surface area contributed by atoms with E-state index < -0.39 is 0 Å². The molecular weight excluding hydrogens is 434 g/mol. The summed E-state index contributed by atoms with van der Waals surface area (Å²) in [6.07, 6.45) is 0. The summed E-state index contributed by atoms with van der Waals surface area (Å²) in [5, 5.41) is 15.1. The van der Waals surface area contributed by atoms with E-state index in [4.69, 9.17) is 16.3 Å². The molecule has 0 spiro atoms. The minimum Gasteiger partial charge on any atom is -0.379 e. The van der Waals surface area contributed by atoms with E-state index in [0.717, 1.165) is 32.8 Å². The highest BCUT2D eigenvalue weighted by molar-refractivity contribution is 7.99. The fourth-order valence-electron chi connectivity index (χ4n) is 2.61. The van der Waals surface area contributed by atoms with Gasteiger partial charge in [-0.1, -0.05) is 29.0 Å². The molecule has 2 aromatic rings. The summed E-state index contributed by atoms with van der Waals surface area (Å²) in [5.41, 5.74) is 0.599. The number of thioether (sulfide) groups is 1. The molecule has 2 amide bonds. The van der Waals surface area contributed by atoms with E-state index in [1.807, 2.05) is 0 Å². The van der Waals surface area contributed by atoms with Crippen molar-refractivity contribution < 1.29 is 14.3 Å². The van der Waals surface area contributed by atoms with Crippen molar-refractivity contribution in [2.45, 2.75) is 5.75 Å². The second kappa shape index (κ2) is 11.5. The topological polar surface area (TPSA) is 96.5 Å². The lowest BCUT2D eigenvalue weighted by atomic mass is 10.3. The Bertz CT molecular complexity index is 829. The molecule has 0 unspecified atom stereocenters. The van der Waals surface area contributed by atoms with Crippen LogP contribution in [-0.4, -0.2) is 72.1 Å². The minimum absolute atomic E-state index is 0.00769. The first-order valence-corrected chi connectivity index (χ1v) is 11.5. The number of carbonyl (C=O) groups excluding carboxylic acids is 2. The summed E-state index contributed by atoms with van der Waals surface area (Å²) in [6, 6.07) is 6.90. The van der Waals surface area contributed by atoms with Crippen molar-refractivity contribution in [2.75, 3.05) is 50.5 Å². The Kier molecular flexibility index (Phi) is 8.69. The number of amides is 2. The summed E-state index contributed by atoms with van der Waals surface area (Å²) in [7, 11) is 0. The molecule has 156 valence electrons. The van der Waals surface area contributed by atoms with Gasteiger partial charge >= 0.3 is 0 Å². The average Bonchev–Trinajstić information content (AvgIpc) is 3.18. The Morgan fingerprint density at radius 3 is 2.90 bits per heavy atom. The minimum atomic E-state index is -0.332. The van der Waals surface area contributed by atoms with E-state index in [9.17, 15) is 9.59 Å². The smallest absolute Gasteiger partial charge is 0.286 e. The SMILES string of the molecule is O=C(CSCc1nnc(C(=O)Nc2cccc(Cl)c2)s1)NCCN1CCOCC1. The van der Waals surface area contributed by atoms with Crippen molar-refractivity contribution in [2.24, 2.45) is 0 Å². The van der Waals surface area contributed by atoms with Gasteiger partial charge in [-0.05, 0) is 18.2 Å². The molecule has 0 atom stereocenters. The van der Waals surface area contributed by atoms with Crippen molar-refractivity contribution in [1.29, 1.82) is 0 Å². The predicted octanol–water partition coefficient (Wildman–Crippen LogP) is 2.13. The number of halogens is 1. The molecule has 0 saturated carbocycles. The molecule has 1 saturated heterocycles. The number of ether oxygens (including phenoxy) is 1. The Morgan fingerprint density at radius 1 is 1.28 bits per heavy atom. The van der Waals surface area contributed by atoms with Crippen LogP contribution in [0.1, 0.15) is 14.8 Å². The molecular formula is C18H22ClN5O3S2. The molecule has 29 heavy (non-hydrogen) atoms. The standard InChI is InChI=1S/C18H22ClN5O3S2/c19-13-2-1-3-14(10-13)21-17(26)18-23-22-16(29-18)12-28-11-15(25)20-4-5-24-6-8-27-9-7-24/h1-3,10H,4-9,11-12H2,(H,20,25)(H,21,26). The number of carbonyl (C=O) groups is 2.